The number of nitrogens with one attached hydrogen (secondary N) is 2. The molecule has 4 nitrogen and oxygen atoms in total. The molecule has 5 heteroatoms. The minimum atomic E-state index is -0.0907. The Labute approximate surface area is 132 Å². The SMILES string of the molecule is CCCCCCCCNC(=O)c1cc(Cl)nc(NCC)c1. The molecule has 1 heterocycles. The quantitative estimate of drug-likeness (QED) is 0.501. The van der Waals surface area contributed by atoms with E-state index in [1.54, 1.807) is 12.1 Å². The van der Waals surface area contributed by atoms with Gasteiger partial charge < -0.3 is 10.6 Å². The van der Waals surface area contributed by atoms with Gasteiger partial charge in [-0.2, -0.15) is 0 Å². The standard InChI is InChI=1S/C16H26ClN3O/c1-3-5-6-7-8-9-10-19-16(21)13-11-14(17)20-15(12-13)18-4-2/h11-12H,3-10H2,1-2H3,(H,18,20)(H,19,21). The first-order valence-corrected chi connectivity index (χ1v) is 8.24. The molecule has 0 spiro atoms. The minimum Gasteiger partial charge on any atom is -0.370 e. The minimum absolute atomic E-state index is 0.0907. The van der Waals surface area contributed by atoms with Crippen LogP contribution >= 0.6 is 11.6 Å². The Morgan fingerprint density at radius 3 is 2.57 bits per heavy atom. The molecule has 1 aromatic heterocycles. The third kappa shape index (κ3) is 7.32. The second kappa shape index (κ2) is 10.4. The van der Waals surface area contributed by atoms with E-state index in [4.69, 9.17) is 11.6 Å². The van der Waals surface area contributed by atoms with Crippen molar-refractivity contribution >= 4 is 23.3 Å². The number of anilines is 1. The van der Waals surface area contributed by atoms with Crippen molar-refractivity contribution in [1.29, 1.82) is 0 Å². The number of amides is 1. The zero-order valence-electron chi connectivity index (χ0n) is 13.0. The molecular weight excluding hydrogens is 286 g/mol. The molecule has 21 heavy (non-hydrogen) atoms. The molecule has 0 bridgehead atoms. The van der Waals surface area contributed by atoms with Gasteiger partial charge in [0.1, 0.15) is 11.0 Å². The van der Waals surface area contributed by atoms with Crippen LogP contribution in [0.5, 0.6) is 0 Å². The summed E-state index contributed by atoms with van der Waals surface area (Å²) in [5, 5.41) is 6.33. The maximum absolute atomic E-state index is 12.1. The molecule has 0 aliphatic rings. The fraction of sp³-hybridized carbons (Fsp3) is 0.625. The average molecular weight is 312 g/mol. The van der Waals surface area contributed by atoms with E-state index in [0.717, 1.165) is 13.0 Å². The molecule has 0 unspecified atom stereocenters. The number of carbonyl (C=O) groups excluding carboxylic acids is 1. The molecule has 0 aliphatic heterocycles. The summed E-state index contributed by atoms with van der Waals surface area (Å²) in [7, 11) is 0. The first kappa shape index (κ1) is 17.8. The molecule has 0 saturated heterocycles. The van der Waals surface area contributed by atoms with Crippen molar-refractivity contribution in [3.8, 4) is 0 Å². The van der Waals surface area contributed by atoms with Crippen LogP contribution in [0.1, 0.15) is 62.7 Å². The Morgan fingerprint density at radius 2 is 1.86 bits per heavy atom. The van der Waals surface area contributed by atoms with Crippen molar-refractivity contribution in [2.24, 2.45) is 0 Å². The second-order valence-electron chi connectivity index (χ2n) is 5.12. The van der Waals surface area contributed by atoms with Crippen LogP contribution in [0.4, 0.5) is 5.82 Å². The van der Waals surface area contributed by atoms with Gasteiger partial charge in [0.25, 0.3) is 5.91 Å². The van der Waals surface area contributed by atoms with Gasteiger partial charge in [-0.3, -0.25) is 4.79 Å². The molecule has 0 fully saturated rings. The van der Waals surface area contributed by atoms with Gasteiger partial charge in [-0.25, -0.2) is 4.98 Å². The number of carbonyl (C=O) groups is 1. The van der Waals surface area contributed by atoms with Crippen LogP contribution in [0, 0.1) is 0 Å². The lowest BCUT2D eigenvalue weighted by molar-refractivity contribution is 0.0953. The number of halogens is 1. The van der Waals surface area contributed by atoms with Crippen molar-refractivity contribution in [2.75, 3.05) is 18.4 Å². The number of aromatic nitrogens is 1. The zero-order valence-corrected chi connectivity index (χ0v) is 13.8. The number of nitrogens with zero attached hydrogens (tertiary/aromatic N) is 1. The number of rotatable bonds is 10. The largest absolute Gasteiger partial charge is 0.370 e. The second-order valence-corrected chi connectivity index (χ2v) is 5.51. The van der Waals surface area contributed by atoms with Gasteiger partial charge in [-0.05, 0) is 25.5 Å². The molecule has 0 atom stereocenters. The number of hydrogen-bond acceptors (Lipinski definition) is 3. The van der Waals surface area contributed by atoms with E-state index in [0.29, 0.717) is 23.1 Å². The summed E-state index contributed by atoms with van der Waals surface area (Å²) in [5.41, 5.74) is 0.553. The summed E-state index contributed by atoms with van der Waals surface area (Å²) >= 11 is 5.93. The summed E-state index contributed by atoms with van der Waals surface area (Å²) in [4.78, 5) is 16.2. The van der Waals surface area contributed by atoms with Gasteiger partial charge >= 0.3 is 0 Å². The van der Waals surface area contributed by atoms with E-state index in [1.165, 1.54) is 32.1 Å². The van der Waals surface area contributed by atoms with Crippen molar-refractivity contribution in [1.82, 2.24) is 10.3 Å². The van der Waals surface area contributed by atoms with Crippen molar-refractivity contribution in [2.45, 2.75) is 52.4 Å². The molecule has 0 radical (unpaired) electrons. The number of unbranched alkanes of at least 4 members (excludes halogenated alkanes) is 5. The van der Waals surface area contributed by atoms with Crippen LogP contribution in [-0.2, 0) is 0 Å². The van der Waals surface area contributed by atoms with Gasteiger partial charge in [0.05, 0.1) is 0 Å². The van der Waals surface area contributed by atoms with Crippen molar-refractivity contribution in [3.05, 3.63) is 22.8 Å². The van der Waals surface area contributed by atoms with Gasteiger partial charge in [0.2, 0.25) is 0 Å². The van der Waals surface area contributed by atoms with Crippen LogP contribution in [-0.4, -0.2) is 24.0 Å². The van der Waals surface area contributed by atoms with Gasteiger partial charge in [0.15, 0.2) is 0 Å². The maximum atomic E-state index is 12.1. The molecule has 2 N–H and O–H groups in total. The van der Waals surface area contributed by atoms with E-state index in [9.17, 15) is 4.79 Å². The normalized spacial score (nSPS) is 10.4. The smallest absolute Gasteiger partial charge is 0.251 e. The van der Waals surface area contributed by atoms with E-state index >= 15 is 0 Å². The molecule has 0 aromatic carbocycles. The summed E-state index contributed by atoms with van der Waals surface area (Å²) in [6.07, 6.45) is 7.28. The first-order valence-electron chi connectivity index (χ1n) is 7.87. The lowest BCUT2D eigenvalue weighted by Crippen LogP contribution is -2.24. The lowest BCUT2D eigenvalue weighted by Gasteiger charge is -2.08. The zero-order chi connectivity index (χ0) is 15.5. The van der Waals surface area contributed by atoms with Crippen molar-refractivity contribution < 1.29 is 4.79 Å². The predicted octanol–water partition coefficient (Wildman–Crippen LogP) is 4.26. The van der Waals surface area contributed by atoms with E-state index in [-0.39, 0.29) is 5.91 Å². The Morgan fingerprint density at radius 1 is 1.14 bits per heavy atom. The summed E-state index contributed by atoms with van der Waals surface area (Å²) in [5.74, 6) is 0.543. The van der Waals surface area contributed by atoms with Crippen LogP contribution < -0.4 is 10.6 Å². The Bertz CT molecular complexity index is 438. The Balaban J connectivity index is 2.34. The third-order valence-corrected chi connectivity index (χ3v) is 3.42. The summed E-state index contributed by atoms with van der Waals surface area (Å²) in [6.45, 7) is 5.64. The summed E-state index contributed by atoms with van der Waals surface area (Å²) in [6, 6.07) is 3.32. The van der Waals surface area contributed by atoms with Gasteiger partial charge in [-0.15, -0.1) is 0 Å². The third-order valence-electron chi connectivity index (χ3n) is 3.23. The number of pyridine rings is 1. The van der Waals surface area contributed by atoms with Gasteiger partial charge in [-0.1, -0.05) is 50.6 Å². The monoisotopic (exact) mass is 311 g/mol. The topological polar surface area (TPSA) is 54.0 Å². The highest BCUT2D eigenvalue weighted by molar-refractivity contribution is 6.29. The predicted molar refractivity (Wildman–Crippen MR) is 89.1 cm³/mol. The first-order chi connectivity index (χ1) is 10.2. The van der Waals surface area contributed by atoms with E-state index in [2.05, 4.69) is 22.5 Å². The molecule has 0 saturated carbocycles. The van der Waals surface area contributed by atoms with Crippen LogP contribution in [0.3, 0.4) is 0 Å². The van der Waals surface area contributed by atoms with Crippen molar-refractivity contribution in [3.63, 3.8) is 0 Å². The summed E-state index contributed by atoms with van der Waals surface area (Å²) < 4.78 is 0. The van der Waals surface area contributed by atoms with Crippen LogP contribution in [0.2, 0.25) is 5.15 Å². The molecule has 0 aliphatic carbocycles. The number of hydrogen-bond donors (Lipinski definition) is 2. The molecule has 1 aromatic rings. The fourth-order valence-electron chi connectivity index (χ4n) is 2.11. The Hall–Kier alpha value is -1.29. The van der Waals surface area contributed by atoms with Crippen LogP contribution in [0.15, 0.2) is 12.1 Å². The molecule has 1 amide bonds. The molecule has 118 valence electrons. The average Bonchev–Trinajstić information content (AvgIpc) is 2.46. The molecular formula is C16H26ClN3O. The van der Waals surface area contributed by atoms with Crippen LogP contribution in [0.25, 0.3) is 0 Å². The Kier molecular flexibility index (Phi) is 8.83. The maximum Gasteiger partial charge on any atom is 0.251 e. The fourth-order valence-corrected chi connectivity index (χ4v) is 2.32. The highest BCUT2D eigenvalue weighted by Gasteiger charge is 2.08. The highest BCUT2D eigenvalue weighted by Crippen LogP contribution is 2.14. The molecule has 1 rings (SSSR count). The van der Waals surface area contributed by atoms with E-state index < -0.39 is 0 Å². The lowest BCUT2D eigenvalue weighted by atomic mass is 10.1. The van der Waals surface area contributed by atoms with E-state index in [1.807, 2.05) is 6.92 Å². The highest BCUT2D eigenvalue weighted by atomic mass is 35.5. The van der Waals surface area contributed by atoms with Gasteiger partial charge in [0, 0.05) is 18.7 Å².